The number of nitrogens with one attached hydrogen (secondary N) is 3. The molecule has 1 saturated carbocycles. The van der Waals surface area contributed by atoms with Crippen LogP contribution in [-0.4, -0.2) is 50.7 Å². The summed E-state index contributed by atoms with van der Waals surface area (Å²) >= 11 is 0. The molecule has 1 fully saturated rings. The summed E-state index contributed by atoms with van der Waals surface area (Å²) in [4.78, 5) is 33.4. The van der Waals surface area contributed by atoms with Crippen LogP contribution in [0.15, 0.2) is 48.8 Å². The van der Waals surface area contributed by atoms with Crippen LogP contribution in [0.2, 0.25) is 0 Å². The van der Waals surface area contributed by atoms with Gasteiger partial charge in [-0.1, -0.05) is 12.2 Å². The number of aromatic nitrogens is 4. The molecule has 2 atom stereocenters. The summed E-state index contributed by atoms with van der Waals surface area (Å²) in [5, 5.41) is 13.8. The van der Waals surface area contributed by atoms with Gasteiger partial charge in [-0.25, -0.2) is 14.4 Å². The van der Waals surface area contributed by atoms with Gasteiger partial charge in [-0.15, -0.1) is 0 Å². The maximum Gasteiger partial charge on any atom is 0.416 e. The molecular formula is C30H28F4N8O2. The lowest BCUT2D eigenvalue weighted by Gasteiger charge is -2.30. The number of amides is 2. The van der Waals surface area contributed by atoms with Gasteiger partial charge in [0.2, 0.25) is 5.91 Å². The number of nitrogen functional groups attached to an aromatic ring is 1. The van der Waals surface area contributed by atoms with E-state index in [9.17, 15) is 22.8 Å². The summed E-state index contributed by atoms with van der Waals surface area (Å²) in [6.07, 6.45) is 4.74. The molecule has 0 radical (unpaired) electrons. The predicted molar refractivity (Wildman–Crippen MR) is 156 cm³/mol. The normalized spacial score (nSPS) is 19.8. The van der Waals surface area contributed by atoms with Crippen molar-refractivity contribution in [1.29, 1.82) is 0 Å². The van der Waals surface area contributed by atoms with Crippen LogP contribution in [0.4, 0.5) is 29.2 Å². The average molecular weight is 609 g/mol. The quantitative estimate of drug-likeness (QED) is 0.247. The van der Waals surface area contributed by atoms with Crippen molar-refractivity contribution in [2.45, 2.75) is 43.9 Å². The van der Waals surface area contributed by atoms with E-state index in [0.29, 0.717) is 29.9 Å². The Kier molecular flexibility index (Phi) is 7.76. The fraction of sp³-hybridized carbons (Fsp3) is 0.300. The molecule has 4 heterocycles. The molecule has 1 aromatic carbocycles. The lowest BCUT2D eigenvalue weighted by atomic mass is 9.90. The Morgan fingerprint density at radius 3 is 2.77 bits per heavy atom. The first-order valence-corrected chi connectivity index (χ1v) is 14.1. The first-order chi connectivity index (χ1) is 21.1. The van der Waals surface area contributed by atoms with E-state index >= 15 is 4.39 Å². The van der Waals surface area contributed by atoms with E-state index in [-0.39, 0.29) is 53.0 Å². The van der Waals surface area contributed by atoms with Crippen LogP contribution in [-0.2, 0) is 11.0 Å². The zero-order valence-electron chi connectivity index (χ0n) is 23.3. The van der Waals surface area contributed by atoms with Crippen molar-refractivity contribution in [3.8, 4) is 11.3 Å². The molecule has 228 valence electrons. The molecule has 4 aromatic rings. The molecular weight excluding hydrogens is 580 g/mol. The number of alkyl halides is 3. The summed E-state index contributed by atoms with van der Waals surface area (Å²) in [6, 6.07) is 5.03. The number of anilines is 2. The maximum absolute atomic E-state index is 15.8. The fourth-order valence-electron chi connectivity index (χ4n) is 5.76. The van der Waals surface area contributed by atoms with Gasteiger partial charge in [-0.3, -0.25) is 14.3 Å². The van der Waals surface area contributed by atoms with Gasteiger partial charge in [0.1, 0.15) is 23.1 Å². The second-order valence-corrected chi connectivity index (χ2v) is 10.8. The molecule has 14 heteroatoms. The summed E-state index contributed by atoms with van der Waals surface area (Å²) in [6.45, 7) is 0.627. The molecule has 0 unspecified atom stereocenters. The minimum absolute atomic E-state index is 0.0528. The summed E-state index contributed by atoms with van der Waals surface area (Å²) < 4.78 is 56.8. The summed E-state index contributed by atoms with van der Waals surface area (Å²) in [7, 11) is 0. The number of nitrogens with two attached hydrogens (primary N) is 1. The Balaban J connectivity index is 1.39. The molecule has 44 heavy (non-hydrogen) atoms. The topological polar surface area (TPSA) is 140 Å². The Bertz CT molecular complexity index is 1780. The van der Waals surface area contributed by atoms with Crippen LogP contribution in [0.3, 0.4) is 0 Å². The van der Waals surface area contributed by atoms with E-state index in [4.69, 9.17) is 10.8 Å². The molecule has 0 spiro atoms. The van der Waals surface area contributed by atoms with Gasteiger partial charge in [-0.2, -0.15) is 18.3 Å². The summed E-state index contributed by atoms with van der Waals surface area (Å²) in [5.41, 5.74) is 6.97. The lowest BCUT2D eigenvalue weighted by Crippen LogP contribution is -2.43. The van der Waals surface area contributed by atoms with Gasteiger partial charge in [0.25, 0.3) is 5.91 Å². The number of fused-ring (bicyclic) bond motifs is 3. The van der Waals surface area contributed by atoms with Crippen molar-refractivity contribution >= 4 is 40.4 Å². The first kappa shape index (κ1) is 29.2. The van der Waals surface area contributed by atoms with E-state index in [1.54, 1.807) is 6.20 Å². The van der Waals surface area contributed by atoms with Gasteiger partial charge in [0.15, 0.2) is 0 Å². The van der Waals surface area contributed by atoms with Gasteiger partial charge in [0.05, 0.1) is 29.1 Å². The molecule has 1 aliphatic carbocycles. The highest BCUT2D eigenvalue weighted by atomic mass is 19.4. The second-order valence-electron chi connectivity index (χ2n) is 10.8. The minimum atomic E-state index is -4.62. The highest BCUT2D eigenvalue weighted by Gasteiger charge is 2.32. The molecule has 3 aromatic heterocycles. The van der Waals surface area contributed by atoms with E-state index < -0.39 is 23.5 Å². The van der Waals surface area contributed by atoms with E-state index in [2.05, 4.69) is 25.9 Å². The third-order valence-electron chi connectivity index (χ3n) is 7.80. The number of benzene rings is 1. The highest BCUT2D eigenvalue weighted by molar-refractivity contribution is 6.06. The number of nitrogens with zero attached hydrogens (tertiary/aromatic N) is 4. The molecule has 0 saturated heterocycles. The number of carbonyl (C=O) groups is 2. The molecule has 6 rings (SSSR count). The Morgan fingerprint density at radius 1 is 1.14 bits per heavy atom. The molecule has 2 aliphatic rings. The largest absolute Gasteiger partial charge is 0.416 e. The SMILES string of the molecule is Nc1ncc2c3c1c(-c1ccc(C(=O)Nc4cc(C(F)(F)F)ccn4)cc1F)nn3[C@@H]1CCC[C@H](C1)NC(=O)CNC/C=C/2. The fourth-order valence-corrected chi connectivity index (χ4v) is 5.76. The van der Waals surface area contributed by atoms with Crippen LogP contribution in [0.5, 0.6) is 0 Å². The van der Waals surface area contributed by atoms with Crippen LogP contribution < -0.4 is 21.7 Å². The molecule has 10 nitrogen and oxygen atoms in total. The third-order valence-corrected chi connectivity index (χ3v) is 7.80. The Morgan fingerprint density at radius 2 is 1.98 bits per heavy atom. The van der Waals surface area contributed by atoms with Crippen LogP contribution in [0.1, 0.15) is 53.2 Å². The number of pyridine rings is 2. The van der Waals surface area contributed by atoms with Crippen molar-refractivity contribution in [3.05, 3.63) is 71.3 Å². The monoisotopic (exact) mass is 608 g/mol. The van der Waals surface area contributed by atoms with E-state index in [1.165, 1.54) is 12.1 Å². The number of rotatable bonds is 3. The van der Waals surface area contributed by atoms with Crippen molar-refractivity contribution in [2.24, 2.45) is 0 Å². The number of halogens is 4. The van der Waals surface area contributed by atoms with Crippen molar-refractivity contribution < 1.29 is 27.2 Å². The lowest BCUT2D eigenvalue weighted by molar-refractivity contribution is -0.137. The number of hydrogen-bond acceptors (Lipinski definition) is 7. The van der Waals surface area contributed by atoms with Crippen LogP contribution >= 0.6 is 0 Å². The van der Waals surface area contributed by atoms with E-state index in [1.807, 2.05) is 16.8 Å². The highest BCUT2D eigenvalue weighted by Crippen LogP contribution is 2.39. The first-order valence-electron chi connectivity index (χ1n) is 14.1. The number of carbonyl (C=O) groups excluding carboxylic acids is 2. The van der Waals surface area contributed by atoms with E-state index in [0.717, 1.165) is 43.2 Å². The van der Waals surface area contributed by atoms with Crippen molar-refractivity contribution in [1.82, 2.24) is 30.4 Å². The molecule has 5 N–H and O–H groups in total. The molecule has 2 bridgehead atoms. The third kappa shape index (κ3) is 5.84. The van der Waals surface area contributed by atoms with Gasteiger partial charge in [-0.05, 0) is 56.0 Å². The van der Waals surface area contributed by atoms with Crippen molar-refractivity contribution in [3.63, 3.8) is 0 Å². The molecule has 1 aliphatic heterocycles. The second kappa shape index (κ2) is 11.7. The zero-order chi connectivity index (χ0) is 31.0. The van der Waals surface area contributed by atoms with Gasteiger partial charge < -0.3 is 21.7 Å². The van der Waals surface area contributed by atoms with Crippen LogP contribution in [0.25, 0.3) is 28.2 Å². The maximum atomic E-state index is 15.8. The van der Waals surface area contributed by atoms with Gasteiger partial charge in [0, 0.05) is 41.7 Å². The predicted octanol–water partition coefficient (Wildman–Crippen LogP) is 4.70. The number of hydrogen-bond donors (Lipinski definition) is 4. The Hall–Kier alpha value is -4.85. The zero-order valence-corrected chi connectivity index (χ0v) is 23.3. The minimum Gasteiger partial charge on any atom is -0.383 e. The smallest absolute Gasteiger partial charge is 0.383 e. The van der Waals surface area contributed by atoms with Crippen LogP contribution in [0, 0.1) is 5.82 Å². The molecule has 2 amide bonds. The Labute approximate surface area is 248 Å². The van der Waals surface area contributed by atoms with Crippen molar-refractivity contribution in [2.75, 3.05) is 24.1 Å². The summed E-state index contributed by atoms with van der Waals surface area (Å²) in [5.74, 6) is -1.88. The standard InChI is InChI=1S/C30H28F4N8O2/c31-22-11-16(29(44)40-23-12-18(8-10-37-23)30(32,33)34)6-7-21(22)26-25-27-17(14-38-28(25)35)3-2-9-36-15-24(43)39-19-4-1-5-20(13-19)42(27)41-26/h2-3,6-8,10-12,14,19-20,36H,1,4-5,9,13,15H2,(H2,35,38)(H,39,43)(H,37,40,44)/b3-2+/t19-,20-/m1/s1. The average Bonchev–Trinajstić information content (AvgIpc) is 3.39. The van der Waals surface area contributed by atoms with Gasteiger partial charge >= 0.3 is 6.18 Å².